The number of hydrogen-bond acceptors (Lipinski definition) is 6. The van der Waals surface area contributed by atoms with Gasteiger partial charge in [0.2, 0.25) is 0 Å². The summed E-state index contributed by atoms with van der Waals surface area (Å²) in [7, 11) is 1.84. The number of halogens is 1. The number of cyclic esters (lactones) is 2. The van der Waals surface area contributed by atoms with Gasteiger partial charge in [-0.1, -0.05) is 12.1 Å². The Morgan fingerprint density at radius 3 is 2.52 bits per heavy atom. The van der Waals surface area contributed by atoms with Crippen LogP contribution in [-0.2, 0) is 26.1 Å². The molecule has 3 rings (SSSR count). The second-order valence-corrected chi connectivity index (χ2v) is 6.82. The van der Waals surface area contributed by atoms with Crippen LogP contribution in [-0.4, -0.2) is 27.5 Å². The van der Waals surface area contributed by atoms with Crippen LogP contribution < -0.4 is 5.32 Å². The summed E-state index contributed by atoms with van der Waals surface area (Å²) in [6.45, 7) is 3.00. The van der Waals surface area contributed by atoms with Crippen LogP contribution in [0.15, 0.2) is 46.7 Å². The molecule has 1 fully saturated rings. The zero-order valence-corrected chi connectivity index (χ0v) is 15.5. The number of anilines is 1. The molecule has 2 aromatic rings. The third-order valence-corrected chi connectivity index (χ3v) is 4.00. The molecule has 25 heavy (non-hydrogen) atoms. The molecule has 0 amide bonds. The van der Waals surface area contributed by atoms with Crippen LogP contribution in [0.5, 0.6) is 0 Å². The lowest BCUT2D eigenvalue weighted by Crippen LogP contribution is -2.42. The van der Waals surface area contributed by atoms with Crippen LogP contribution in [0.25, 0.3) is 11.3 Å². The van der Waals surface area contributed by atoms with Gasteiger partial charge in [-0.2, -0.15) is 5.10 Å². The number of rotatable bonds is 3. The fourth-order valence-electron chi connectivity index (χ4n) is 2.35. The Morgan fingerprint density at radius 2 is 1.92 bits per heavy atom. The van der Waals surface area contributed by atoms with Crippen LogP contribution in [0.4, 0.5) is 5.69 Å². The van der Waals surface area contributed by atoms with E-state index >= 15 is 0 Å². The third-order valence-electron chi connectivity index (χ3n) is 3.42. The average Bonchev–Trinajstić information content (AvgIpc) is 2.84. The fourth-order valence-corrected chi connectivity index (χ4v) is 2.95. The van der Waals surface area contributed by atoms with Gasteiger partial charge in [-0.05, 0) is 28.1 Å². The van der Waals surface area contributed by atoms with Gasteiger partial charge < -0.3 is 14.8 Å². The van der Waals surface area contributed by atoms with Crippen molar-refractivity contribution in [3.8, 4) is 11.3 Å². The largest absolute Gasteiger partial charge is 0.419 e. The van der Waals surface area contributed by atoms with Crippen molar-refractivity contribution in [2.75, 3.05) is 5.32 Å². The van der Waals surface area contributed by atoms with Gasteiger partial charge in [-0.25, -0.2) is 9.59 Å². The van der Waals surface area contributed by atoms with E-state index in [9.17, 15) is 9.59 Å². The summed E-state index contributed by atoms with van der Waals surface area (Å²) in [6.07, 6.45) is 3.14. The first-order chi connectivity index (χ1) is 11.7. The molecule has 1 aliphatic heterocycles. The number of ether oxygens (including phenoxy) is 2. The van der Waals surface area contributed by atoms with E-state index in [2.05, 4.69) is 26.3 Å². The molecule has 1 aromatic carbocycles. The summed E-state index contributed by atoms with van der Waals surface area (Å²) in [6, 6.07) is 7.42. The minimum absolute atomic E-state index is 0.191. The predicted octanol–water partition coefficient (Wildman–Crippen LogP) is 2.98. The van der Waals surface area contributed by atoms with E-state index in [1.807, 2.05) is 31.4 Å². The van der Waals surface area contributed by atoms with Gasteiger partial charge >= 0.3 is 11.9 Å². The lowest BCUT2D eigenvalue weighted by molar-refractivity contribution is -0.222. The molecular weight excluding hydrogens is 390 g/mol. The molecular formula is C17H16BrN3O4. The van der Waals surface area contributed by atoms with Gasteiger partial charge in [-0.3, -0.25) is 4.68 Å². The zero-order chi connectivity index (χ0) is 18.2. The molecule has 0 atom stereocenters. The molecule has 0 saturated carbocycles. The molecule has 8 heteroatoms. The Morgan fingerprint density at radius 1 is 1.24 bits per heavy atom. The highest BCUT2D eigenvalue weighted by Gasteiger charge is 2.38. The molecule has 0 aliphatic carbocycles. The Labute approximate surface area is 152 Å². The first-order valence-corrected chi connectivity index (χ1v) is 8.27. The SMILES string of the molecule is Cn1cc(Br)c(-c2cccc(NC=C3C(=O)OC(C)(C)OC3=O)c2)n1. The average molecular weight is 406 g/mol. The van der Waals surface area contributed by atoms with Crippen LogP contribution in [0.1, 0.15) is 13.8 Å². The van der Waals surface area contributed by atoms with Crippen molar-refractivity contribution in [1.82, 2.24) is 9.78 Å². The molecule has 1 aliphatic rings. The normalized spacial score (nSPS) is 16.2. The molecule has 0 bridgehead atoms. The Hall–Kier alpha value is -2.61. The van der Waals surface area contributed by atoms with E-state index in [1.165, 1.54) is 20.0 Å². The topological polar surface area (TPSA) is 82.5 Å². The first-order valence-electron chi connectivity index (χ1n) is 7.48. The van der Waals surface area contributed by atoms with E-state index < -0.39 is 17.7 Å². The highest BCUT2D eigenvalue weighted by Crippen LogP contribution is 2.28. The minimum Gasteiger partial charge on any atom is -0.419 e. The molecule has 2 heterocycles. The maximum absolute atomic E-state index is 11.9. The Bertz CT molecular complexity index is 864. The standard InChI is InChI=1S/C17H16BrN3O4/c1-17(2)24-15(22)12(16(23)25-17)8-19-11-6-4-5-10(7-11)14-13(18)9-21(3)20-14/h4-9,19H,1-3H3. The summed E-state index contributed by atoms with van der Waals surface area (Å²) in [4.78, 5) is 23.9. The van der Waals surface area contributed by atoms with Crippen molar-refractivity contribution in [2.45, 2.75) is 19.6 Å². The van der Waals surface area contributed by atoms with Gasteiger partial charge in [0.15, 0.2) is 5.57 Å². The molecule has 130 valence electrons. The van der Waals surface area contributed by atoms with Crippen molar-refractivity contribution in [3.05, 3.63) is 46.7 Å². The van der Waals surface area contributed by atoms with E-state index in [1.54, 1.807) is 10.7 Å². The molecule has 1 N–H and O–H groups in total. The summed E-state index contributed by atoms with van der Waals surface area (Å²) in [5.74, 6) is -2.70. The number of benzene rings is 1. The second kappa shape index (κ2) is 6.36. The van der Waals surface area contributed by atoms with Crippen LogP contribution >= 0.6 is 15.9 Å². The second-order valence-electron chi connectivity index (χ2n) is 5.96. The van der Waals surface area contributed by atoms with Gasteiger partial charge in [0.1, 0.15) is 5.69 Å². The van der Waals surface area contributed by atoms with Gasteiger partial charge in [0, 0.05) is 44.5 Å². The lowest BCUT2D eigenvalue weighted by atomic mass is 10.1. The number of nitrogens with one attached hydrogen (secondary N) is 1. The van der Waals surface area contributed by atoms with Crippen LogP contribution in [0, 0.1) is 0 Å². The highest BCUT2D eigenvalue weighted by atomic mass is 79.9. The third kappa shape index (κ3) is 3.74. The number of aryl methyl sites for hydroxylation is 1. The predicted molar refractivity (Wildman–Crippen MR) is 94.3 cm³/mol. The van der Waals surface area contributed by atoms with Crippen molar-refractivity contribution < 1.29 is 19.1 Å². The van der Waals surface area contributed by atoms with E-state index in [-0.39, 0.29) is 5.57 Å². The van der Waals surface area contributed by atoms with Crippen molar-refractivity contribution >= 4 is 33.6 Å². The number of hydrogen-bond donors (Lipinski definition) is 1. The summed E-state index contributed by atoms with van der Waals surface area (Å²) in [5, 5.41) is 7.32. The fraction of sp³-hybridized carbons (Fsp3) is 0.235. The lowest BCUT2D eigenvalue weighted by Gasteiger charge is -2.29. The number of carbonyl (C=O) groups is 2. The smallest absolute Gasteiger partial charge is 0.350 e. The van der Waals surface area contributed by atoms with Crippen molar-refractivity contribution in [1.29, 1.82) is 0 Å². The van der Waals surface area contributed by atoms with Gasteiger partial charge in [0.05, 0.1) is 4.47 Å². The van der Waals surface area contributed by atoms with E-state index in [4.69, 9.17) is 9.47 Å². The number of carbonyl (C=O) groups excluding carboxylic acids is 2. The van der Waals surface area contributed by atoms with Crippen molar-refractivity contribution in [2.24, 2.45) is 7.05 Å². The monoisotopic (exact) mass is 405 g/mol. The zero-order valence-electron chi connectivity index (χ0n) is 13.9. The van der Waals surface area contributed by atoms with Crippen LogP contribution in [0.2, 0.25) is 0 Å². The van der Waals surface area contributed by atoms with Gasteiger partial charge in [0.25, 0.3) is 5.79 Å². The summed E-state index contributed by atoms with van der Waals surface area (Å²) < 4.78 is 12.7. The molecule has 7 nitrogen and oxygen atoms in total. The van der Waals surface area contributed by atoms with Gasteiger partial charge in [-0.15, -0.1) is 0 Å². The molecule has 1 aromatic heterocycles. The molecule has 0 radical (unpaired) electrons. The Balaban J connectivity index is 1.82. The van der Waals surface area contributed by atoms with Crippen molar-refractivity contribution in [3.63, 3.8) is 0 Å². The number of aromatic nitrogens is 2. The highest BCUT2D eigenvalue weighted by molar-refractivity contribution is 9.10. The molecule has 1 saturated heterocycles. The van der Waals surface area contributed by atoms with E-state index in [0.717, 1.165) is 15.7 Å². The summed E-state index contributed by atoms with van der Waals surface area (Å²) >= 11 is 3.47. The Kier molecular flexibility index (Phi) is 4.38. The maximum atomic E-state index is 11.9. The quantitative estimate of drug-likeness (QED) is 0.480. The first kappa shape index (κ1) is 17.2. The van der Waals surface area contributed by atoms with Crippen LogP contribution in [0.3, 0.4) is 0 Å². The number of nitrogens with zero attached hydrogens (tertiary/aromatic N) is 2. The number of esters is 2. The maximum Gasteiger partial charge on any atom is 0.350 e. The van der Waals surface area contributed by atoms with E-state index in [0.29, 0.717) is 5.69 Å². The minimum atomic E-state index is -1.25. The molecule has 0 unspecified atom stereocenters. The summed E-state index contributed by atoms with van der Waals surface area (Å²) in [5.41, 5.74) is 2.17. The molecule has 0 spiro atoms.